The molecule has 2 atom stereocenters. The van der Waals surface area contributed by atoms with Crippen molar-refractivity contribution in [3.63, 3.8) is 0 Å². The predicted molar refractivity (Wildman–Crippen MR) is 94.7 cm³/mol. The number of alkyl halides is 3. The van der Waals surface area contributed by atoms with E-state index in [1.807, 2.05) is 13.8 Å². The molecule has 0 saturated heterocycles. The molecule has 2 aromatic rings. The number of nitrogens with two attached hydrogens (primary N) is 1. The minimum atomic E-state index is -4.72. The van der Waals surface area contributed by atoms with E-state index < -0.39 is 33.3 Å². The van der Waals surface area contributed by atoms with Crippen molar-refractivity contribution in [3.05, 3.63) is 59.4 Å². The molecule has 0 radical (unpaired) electrons. The summed E-state index contributed by atoms with van der Waals surface area (Å²) >= 11 is 0. The van der Waals surface area contributed by atoms with Crippen molar-refractivity contribution in [2.45, 2.75) is 30.8 Å². The SMILES string of the molecule is CC1(C)[C@H](COc2ccc(F)cc2C(F)(F)F)[C@H]1c1ccc(S(N)(=O)=O)cc1. The lowest BCUT2D eigenvalue weighted by molar-refractivity contribution is -0.139. The summed E-state index contributed by atoms with van der Waals surface area (Å²) in [6.07, 6.45) is -4.72. The molecule has 28 heavy (non-hydrogen) atoms. The predicted octanol–water partition coefficient (Wildman–Crippen LogP) is 4.31. The Morgan fingerprint density at radius 1 is 1.11 bits per heavy atom. The van der Waals surface area contributed by atoms with Crippen LogP contribution in [0.4, 0.5) is 17.6 Å². The van der Waals surface area contributed by atoms with Gasteiger partial charge < -0.3 is 4.74 Å². The van der Waals surface area contributed by atoms with Crippen molar-refractivity contribution in [2.24, 2.45) is 16.5 Å². The van der Waals surface area contributed by atoms with Gasteiger partial charge >= 0.3 is 6.18 Å². The molecule has 2 N–H and O–H groups in total. The molecule has 1 aliphatic rings. The van der Waals surface area contributed by atoms with E-state index in [0.717, 1.165) is 17.7 Å². The maximum atomic E-state index is 13.2. The summed E-state index contributed by atoms with van der Waals surface area (Å²) in [5.74, 6) is -1.50. The van der Waals surface area contributed by atoms with Crippen LogP contribution in [-0.4, -0.2) is 15.0 Å². The Kier molecular flexibility index (Phi) is 4.95. The first kappa shape index (κ1) is 20.6. The van der Waals surface area contributed by atoms with Crippen LogP contribution >= 0.6 is 0 Å². The molecule has 0 bridgehead atoms. The summed E-state index contributed by atoms with van der Waals surface area (Å²) in [6, 6.07) is 8.40. The van der Waals surface area contributed by atoms with Gasteiger partial charge in [0.15, 0.2) is 0 Å². The quantitative estimate of drug-likeness (QED) is 0.737. The van der Waals surface area contributed by atoms with E-state index in [1.54, 1.807) is 12.1 Å². The molecule has 9 heteroatoms. The fraction of sp³-hybridized carbons (Fsp3) is 0.368. The van der Waals surface area contributed by atoms with Crippen molar-refractivity contribution in [1.29, 1.82) is 0 Å². The first-order chi connectivity index (χ1) is 12.8. The second kappa shape index (κ2) is 6.73. The Balaban J connectivity index is 1.76. The number of halogens is 4. The molecule has 0 aromatic heterocycles. The summed E-state index contributed by atoms with van der Waals surface area (Å²) < 4.78 is 80.6. The van der Waals surface area contributed by atoms with Crippen molar-refractivity contribution >= 4 is 10.0 Å². The lowest BCUT2D eigenvalue weighted by atomic mass is 10.0. The fourth-order valence-electron chi connectivity index (χ4n) is 3.61. The minimum Gasteiger partial charge on any atom is -0.493 e. The highest BCUT2D eigenvalue weighted by molar-refractivity contribution is 7.89. The zero-order valence-corrected chi connectivity index (χ0v) is 15.9. The Hall–Kier alpha value is -2.13. The summed E-state index contributed by atoms with van der Waals surface area (Å²) in [7, 11) is -3.80. The molecule has 2 aromatic carbocycles. The normalized spacial score (nSPS) is 21.4. The Labute approximate surface area is 160 Å². The van der Waals surface area contributed by atoms with Gasteiger partial charge in [-0.05, 0) is 47.2 Å². The highest BCUT2D eigenvalue weighted by Gasteiger charge is 2.58. The van der Waals surface area contributed by atoms with Gasteiger partial charge in [-0.25, -0.2) is 17.9 Å². The van der Waals surface area contributed by atoms with Crippen LogP contribution in [0.5, 0.6) is 5.75 Å². The molecule has 0 aliphatic heterocycles. The van der Waals surface area contributed by atoms with E-state index in [-0.39, 0.29) is 28.8 Å². The summed E-state index contributed by atoms with van der Waals surface area (Å²) in [5.41, 5.74) is -0.553. The van der Waals surface area contributed by atoms with Gasteiger partial charge in [-0.2, -0.15) is 13.2 Å². The largest absolute Gasteiger partial charge is 0.493 e. The number of sulfonamides is 1. The molecular formula is C19H19F4NO3S. The first-order valence-electron chi connectivity index (χ1n) is 8.44. The third-order valence-electron chi connectivity index (χ3n) is 5.28. The zero-order chi connectivity index (χ0) is 20.9. The fourth-order valence-corrected chi connectivity index (χ4v) is 4.13. The second-order valence-electron chi connectivity index (χ2n) is 7.47. The van der Waals surface area contributed by atoms with Gasteiger partial charge in [0, 0.05) is 5.92 Å². The Morgan fingerprint density at radius 2 is 1.71 bits per heavy atom. The van der Waals surface area contributed by atoms with Gasteiger partial charge in [-0.1, -0.05) is 26.0 Å². The molecule has 0 spiro atoms. The van der Waals surface area contributed by atoms with Gasteiger partial charge in [-0.15, -0.1) is 0 Å². The van der Waals surface area contributed by atoms with E-state index in [0.29, 0.717) is 6.07 Å². The molecule has 1 aliphatic carbocycles. The first-order valence-corrected chi connectivity index (χ1v) is 9.99. The molecular weight excluding hydrogens is 398 g/mol. The van der Waals surface area contributed by atoms with Gasteiger partial charge in [0.2, 0.25) is 10.0 Å². The number of rotatable bonds is 5. The van der Waals surface area contributed by atoms with Crippen LogP contribution in [0, 0.1) is 17.2 Å². The van der Waals surface area contributed by atoms with Crippen molar-refractivity contribution in [1.82, 2.24) is 0 Å². The topological polar surface area (TPSA) is 69.4 Å². The highest BCUT2D eigenvalue weighted by atomic mass is 32.2. The number of primary sulfonamides is 1. The molecule has 4 nitrogen and oxygen atoms in total. The third-order valence-corrected chi connectivity index (χ3v) is 6.21. The van der Waals surface area contributed by atoms with Crippen LogP contribution in [0.15, 0.2) is 47.4 Å². The maximum Gasteiger partial charge on any atom is 0.420 e. The molecule has 1 fully saturated rings. The molecule has 0 amide bonds. The number of benzene rings is 2. The number of ether oxygens (including phenoxy) is 1. The molecule has 0 unspecified atom stereocenters. The molecule has 3 rings (SSSR count). The van der Waals surface area contributed by atoms with Crippen molar-refractivity contribution in [2.75, 3.05) is 6.61 Å². The number of hydrogen-bond donors (Lipinski definition) is 1. The van der Waals surface area contributed by atoms with Crippen molar-refractivity contribution in [3.8, 4) is 5.75 Å². The molecule has 152 valence electrons. The average molecular weight is 417 g/mol. The smallest absolute Gasteiger partial charge is 0.420 e. The van der Waals surface area contributed by atoms with E-state index in [9.17, 15) is 26.0 Å². The molecule has 1 saturated carbocycles. The van der Waals surface area contributed by atoms with E-state index in [1.165, 1.54) is 12.1 Å². The van der Waals surface area contributed by atoms with Crippen LogP contribution in [0.3, 0.4) is 0 Å². The average Bonchev–Trinajstić information content (AvgIpc) is 3.13. The van der Waals surface area contributed by atoms with E-state index in [2.05, 4.69) is 0 Å². The van der Waals surface area contributed by atoms with Gasteiger partial charge in [0.05, 0.1) is 11.5 Å². The van der Waals surface area contributed by atoms with Gasteiger partial charge in [0.25, 0.3) is 0 Å². The van der Waals surface area contributed by atoms with Crippen LogP contribution in [0.2, 0.25) is 0 Å². The lowest BCUT2D eigenvalue weighted by Crippen LogP contribution is -2.12. The summed E-state index contributed by atoms with van der Waals surface area (Å²) in [5, 5.41) is 5.08. The van der Waals surface area contributed by atoms with Crippen LogP contribution < -0.4 is 9.88 Å². The van der Waals surface area contributed by atoms with Gasteiger partial charge in [-0.3, -0.25) is 0 Å². The Bertz CT molecular complexity index is 985. The molecule has 0 heterocycles. The Morgan fingerprint density at radius 3 is 2.25 bits per heavy atom. The summed E-state index contributed by atoms with van der Waals surface area (Å²) in [4.78, 5) is -0.0105. The van der Waals surface area contributed by atoms with Crippen molar-refractivity contribution < 1.29 is 30.7 Å². The van der Waals surface area contributed by atoms with Gasteiger partial charge in [0.1, 0.15) is 17.1 Å². The zero-order valence-electron chi connectivity index (χ0n) is 15.1. The third kappa shape index (κ3) is 4.00. The highest BCUT2D eigenvalue weighted by Crippen LogP contribution is 2.64. The lowest BCUT2D eigenvalue weighted by Gasteiger charge is -2.14. The maximum absolute atomic E-state index is 13.2. The standard InChI is InChI=1S/C19H19F4NO3S/c1-18(2)15(17(18)11-3-6-13(7-4-11)28(24,25)26)10-27-16-8-5-12(20)9-14(16)19(21,22)23/h3-9,15,17H,10H2,1-2H3,(H2,24,25,26)/t15-,17-/m1/s1. The monoisotopic (exact) mass is 417 g/mol. The second-order valence-corrected chi connectivity index (χ2v) is 9.03. The van der Waals surface area contributed by atoms with E-state index >= 15 is 0 Å². The minimum absolute atomic E-state index is 0.0105. The van der Waals surface area contributed by atoms with Crippen LogP contribution in [0.25, 0.3) is 0 Å². The van der Waals surface area contributed by atoms with E-state index in [4.69, 9.17) is 9.88 Å². The van der Waals surface area contributed by atoms with Crippen LogP contribution in [-0.2, 0) is 16.2 Å². The number of hydrogen-bond acceptors (Lipinski definition) is 3. The summed E-state index contributed by atoms with van der Waals surface area (Å²) in [6.45, 7) is 3.92. The van der Waals surface area contributed by atoms with Crippen LogP contribution in [0.1, 0.15) is 30.9 Å².